The van der Waals surface area contributed by atoms with Gasteiger partial charge in [-0.25, -0.2) is 4.98 Å². The fraction of sp³-hybridized carbons (Fsp3) is 0.300. The van der Waals surface area contributed by atoms with Crippen molar-refractivity contribution in [1.29, 1.82) is 5.26 Å². The van der Waals surface area contributed by atoms with E-state index in [9.17, 15) is 4.79 Å². The number of amides is 1. The van der Waals surface area contributed by atoms with Gasteiger partial charge in [0.05, 0.1) is 11.6 Å². The Bertz CT molecular complexity index is 841. The third-order valence-corrected chi connectivity index (χ3v) is 3.72. The molecule has 1 aromatic heterocycles. The summed E-state index contributed by atoms with van der Waals surface area (Å²) in [4.78, 5) is 20.3. The highest BCUT2D eigenvalue weighted by Crippen LogP contribution is 2.19. The lowest BCUT2D eigenvalue weighted by molar-refractivity contribution is -0.120. The first-order valence-corrected chi connectivity index (χ1v) is 9.17. The molecule has 28 heavy (non-hydrogen) atoms. The van der Waals surface area contributed by atoms with Crippen molar-refractivity contribution in [3.05, 3.63) is 47.7 Å². The van der Waals surface area contributed by atoms with E-state index in [1.54, 1.807) is 30.5 Å². The largest absolute Gasteiger partial charge is 0.369 e. The Kier molecular flexibility index (Phi) is 8.43. The van der Waals surface area contributed by atoms with Crippen molar-refractivity contribution >= 4 is 29.4 Å². The Balaban J connectivity index is 2.08. The van der Waals surface area contributed by atoms with Crippen LogP contribution in [0.1, 0.15) is 30.9 Å². The van der Waals surface area contributed by atoms with E-state index >= 15 is 0 Å². The molecule has 0 fully saturated rings. The fourth-order valence-electron chi connectivity index (χ4n) is 2.29. The summed E-state index contributed by atoms with van der Waals surface area (Å²) in [7, 11) is 0. The van der Waals surface area contributed by atoms with E-state index in [2.05, 4.69) is 38.9 Å². The third-order valence-electron chi connectivity index (χ3n) is 3.72. The number of carbonyl (C=O) groups is 1. The summed E-state index contributed by atoms with van der Waals surface area (Å²) in [5.41, 5.74) is 7.57. The van der Waals surface area contributed by atoms with Crippen LogP contribution in [0.15, 0.2) is 36.5 Å². The van der Waals surface area contributed by atoms with Gasteiger partial charge in [-0.05, 0) is 30.7 Å². The second-order valence-electron chi connectivity index (χ2n) is 5.98. The van der Waals surface area contributed by atoms with Crippen LogP contribution in [-0.2, 0) is 4.79 Å². The van der Waals surface area contributed by atoms with E-state index in [0.717, 1.165) is 24.2 Å². The second kappa shape index (κ2) is 11.3. The van der Waals surface area contributed by atoms with Crippen LogP contribution in [0.3, 0.4) is 0 Å². The van der Waals surface area contributed by atoms with E-state index < -0.39 is 0 Å². The molecule has 0 aliphatic rings. The quantitative estimate of drug-likeness (QED) is 0.499. The Morgan fingerprint density at radius 3 is 2.79 bits per heavy atom. The van der Waals surface area contributed by atoms with Gasteiger partial charge in [0.2, 0.25) is 11.9 Å². The van der Waals surface area contributed by atoms with Crippen molar-refractivity contribution in [1.82, 2.24) is 15.3 Å². The molecule has 146 valence electrons. The zero-order valence-corrected chi connectivity index (χ0v) is 15.9. The van der Waals surface area contributed by atoms with Gasteiger partial charge in [0.1, 0.15) is 5.82 Å². The maximum Gasteiger partial charge on any atom is 0.229 e. The van der Waals surface area contributed by atoms with Crippen LogP contribution in [0.2, 0.25) is 0 Å². The van der Waals surface area contributed by atoms with Crippen LogP contribution in [-0.4, -0.2) is 35.5 Å². The van der Waals surface area contributed by atoms with E-state index in [0.29, 0.717) is 36.8 Å². The van der Waals surface area contributed by atoms with Crippen LogP contribution >= 0.6 is 0 Å². The number of nitriles is 1. The molecular formula is C20H25N7O. The lowest BCUT2D eigenvalue weighted by Crippen LogP contribution is -2.25. The predicted octanol–water partition coefficient (Wildman–Crippen LogP) is 2.39. The molecule has 1 heterocycles. The monoisotopic (exact) mass is 379 g/mol. The normalized spacial score (nSPS) is 10.5. The van der Waals surface area contributed by atoms with Crippen molar-refractivity contribution in [2.24, 2.45) is 5.73 Å². The summed E-state index contributed by atoms with van der Waals surface area (Å²) in [5.74, 6) is 1.09. The van der Waals surface area contributed by atoms with E-state index in [4.69, 9.17) is 11.0 Å². The van der Waals surface area contributed by atoms with Gasteiger partial charge in [-0.2, -0.15) is 10.2 Å². The molecule has 0 saturated carbocycles. The molecule has 1 aromatic carbocycles. The molecule has 0 bridgehead atoms. The first-order chi connectivity index (χ1) is 13.7. The van der Waals surface area contributed by atoms with Crippen LogP contribution < -0.4 is 21.7 Å². The van der Waals surface area contributed by atoms with Crippen LogP contribution in [0.25, 0.3) is 6.08 Å². The summed E-state index contributed by atoms with van der Waals surface area (Å²) in [6.07, 6.45) is 6.70. The van der Waals surface area contributed by atoms with Crippen LogP contribution in [0, 0.1) is 11.3 Å². The summed E-state index contributed by atoms with van der Waals surface area (Å²) in [6, 6.07) is 9.16. The van der Waals surface area contributed by atoms with Gasteiger partial charge in [-0.15, -0.1) is 0 Å². The molecule has 5 N–H and O–H groups in total. The van der Waals surface area contributed by atoms with Gasteiger partial charge in [-0.3, -0.25) is 4.79 Å². The van der Waals surface area contributed by atoms with Crippen molar-refractivity contribution in [3.8, 4) is 6.07 Å². The number of hydrogen-bond acceptors (Lipinski definition) is 7. The number of hydrogen-bond donors (Lipinski definition) is 4. The molecule has 0 aliphatic heterocycles. The number of anilines is 3. The summed E-state index contributed by atoms with van der Waals surface area (Å²) >= 11 is 0. The lowest BCUT2D eigenvalue weighted by Gasteiger charge is -2.11. The van der Waals surface area contributed by atoms with E-state index in [-0.39, 0.29) is 5.91 Å². The first-order valence-electron chi connectivity index (χ1n) is 9.17. The van der Waals surface area contributed by atoms with Crippen molar-refractivity contribution in [3.63, 3.8) is 0 Å². The summed E-state index contributed by atoms with van der Waals surface area (Å²) in [5, 5.41) is 18.1. The van der Waals surface area contributed by atoms with Gasteiger partial charge in [0.25, 0.3) is 0 Å². The molecular weight excluding hydrogens is 354 g/mol. The Morgan fingerprint density at radius 1 is 1.32 bits per heavy atom. The first kappa shape index (κ1) is 20.9. The number of carbonyl (C=O) groups excluding carboxylic acids is 1. The highest BCUT2D eigenvalue weighted by molar-refractivity contribution is 5.76. The predicted molar refractivity (Wildman–Crippen MR) is 111 cm³/mol. The minimum atomic E-state index is -0.0744. The SMILES string of the molecule is CCCNc1nc(Nc2ccc(C#N)cc2)ncc1C=CCNC(=O)CCN. The molecule has 1 amide bonds. The van der Waals surface area contributed by atoms with Crippen molar-refractivity contribution in [2.75, 3.05) is 30.3 Å². The third kappa shape index (κ3) is 6.70. The smallest absolute Gasteiger partial charge is 0.229 e. The Morgan fingerprint density at radius 2 is 2.11 bits per heavy atom. The average Bonchev–Trinajstić information content (AvgIpc) is 2.71. The molecule has 0 atom stereocenters. The van der Waals surface area contributed by atoms with E-state index in [1.807, 2.05) is 12.2 Å². The molecule has 2 aromatic rings. The highest BCUT2D eigenvalue weighted by atomic mass is 16.1. The Hall–Kier alpha value is -3.44. The number of nitrogens with one attached hydrogen (secondary N) is 3. The van der Waals surface area contributed by atoms with Gasteiger partial charge in [-0.1, -0.05) is 19.1 Å². The Labute approximate surface area is 164 Å². The molecule has 8 nitrogen and oxygen atoms in total. The lowest BCUT2D eigenvalue weighted by atomic mass is 10.2. The molecule has 8 heteroatoms. The minimum Gasteiger partial charge on any atom is -0.369 e. The molecule has 0 spiro atoms. The van der Waals surface area contributed by atoms with Gasteiger partial charge >= 0.3 is 0 Å². The number of nitrogens with zero attached hydrogens (tertiary/aromatic N) is 3. The maximum atomic E-state index is 11.4. The fourth-order valence-corrected chi connectivity index (χ4v) is 2.29. The van der Waals surface area contributed by atoms with Crippen LogP contribution in [0.4, 0.5) is 17.5 Å². The number of benzene rings is 1. The van der Waals surface area contributed by atoms with Crippen molar-refractivity contribution in [2.45, 2.75) is 19.8 Å². The van der Waals surface area contributed by atoms with Crippen molar-refractivity contribution < 1.29 is 4.79 Å². The van der Waals surface area contributed by atoms with Gasteiger partial charge < -0.3 is 21.7 Å². The molecule has 2 rings (SSSR count). The summed E-state index contributed by atoms with van der Waals surface area (Å²) in [6.45, 7) is 3.60. The zero-order valence-electron chi connectivity index (χ0n) is 15.9. The summed E-state index contributed by atoms with van der Waals surface area (Å²) < 4.78 is 0. The van der Waals surface area contributed by atoms with Gasteiger partial charge in [0, 0.05) is 43.5 Å². The number of nitrogens with two attached hydrogens (primary N) is 1. The number of aromatic nitrogens is 2. The van der Waals surface area contributed by atoms with E-state index in [1.165, 1.54) is 0 Å². The molecule has 0 saturated heterocycles. The van der Waals surface area contributed by atoms with Crippen LogP contribution in [0.5, 0.6) is 0 Å². The zero-order chi connectivity index (χ0) is 20.2. The average molecular weight is 379 g/mol. The van der Waals surface area contributed by atoms with Gasteiger partial charge in [0.15, 0.2) is 0 Å². The number of rotatable bonds is 10. The molecule has 0 aliphatic carbocycles. The minimum absolute atomic E-state index is 0.0744. The molecule has 0 unspecified atom stereocenters. The standard InChI is InChI=1S/C20H25N7O/c1-2-11-24-19-16(4-3-12-23-18(28)9-10-21)14-25-20(27-19)26-17-7-5-15(13-22)6-8-17/h3-8,14H,2,9-12,21H2,1H3,(H,23,28)(H2,24,25,26,27). The molecule has 0 radical (unpaired) electrons. The highest BCUT2D eigenvalue weighted by Gasteiger charge is 2.06. The maximum absolute atomic E-state index is 11.4. The topological polar surface area (TPSA) is 129 Å². The second-order valence-corrected chi connectivity index (χ2v) is 5.98.